The second kappa shape index (κ2) is 67.6. The van der Waals surface area contributed by atoms with Crippen LogP contribution < -0.4 is 117 Å². The first-order valence-electron chi connectivity index (χ1n) is 47.1. The molecule has 2 fully saturated rings. The number of hydrogen-bond acceptors (Lipinski definition) is 28. The van der Waals surface area contributed by atoms with E-state index in [1.807, 2.05) is 0 Å². The van der Waals surface area contributed by atoms with E-state index in [4.69, 9.17) is 9.47 Å². The molecule has 4 rings (SSSR count). The molecule has 4 heterocycles. The number of amides is 16. The predicted molar refractivity (Wildman–Crippen MR) is 490 cm³/mol. The van der Waals surface area contributed by atoms with Gasteiger partial charge in [0.15, 0.2) is 0 Å². The van der Waals surface area contributed by atoms with Crippen LogP contribution in [0.5, 0.6) is 0 Å². The van der Waals surface area contributed by atoms with Crippen LogP contribution in [0.4, 0.5) is 0 Å². The highest BCUT2D eigenvalue weighted by atomic mass is 16.5. The normalized spacial score (nSPS) is 21.4. The van der Waals surface area contributed by atoms with Gasteiger partial charge in [-0.2, -0.15) is 0 Å². The zero-order valence-corrected chi connectivity index (χ0v) is 79.2. The molecule has 0 spiro atoms. The number of ether oxygens (including phenoxy) is 2. The molecule has 0 radical (unpaired) electrons. The molecule has 0 saturated carbocycles. The van der Waals surface area contributed by atoms with Gasteiger partial charge in [-0.15, -0.1) is 10.2 Å². The van der Waals surface area contributed by atoms with Crippen molar-refractivity contribution >= 4 is 94.5 Å². The summed E-state index contributed by atoms with van der Waals surface area (Å²) in [7, 11) is 10.8. The van der Waals surface area contributed by atoms with E-state index in [0.29, 0.717) is 166 Å². The van der Waals surface area contributed by atoms with Crippen LogP contribution in [0.2, 0.25) is 0 Å². The van der Waals surface area contributed by atoms with Gasteiger partial charge < -0.3 is 126 Å². The van der Waals surface area contributed by atoms with Crippen molar-refractivity contribution < 1.29 is 86.2 Å². The van der Waals surface area contributed by atoms with Crippen molar-refractivity contribution in [3.05, 3.63) is 23.8 Å². The quantitative estimate of drug-likeness (QED) is 0.0277. The van der Waals surface area contributed by atoms with Gasteiger partial charge in [0.1, 0.15) is 83.9 Å². The summed E-state index contributed by atoms with van der Waals surface area (Å²) >= 11 is 0. The lowest BCUT2D eigenvalue weighted by molar-refractivity contribution is -0.136. The number of hydrogen-bond donors (Lipinski definition) is 22. The van der Waals surface area contributed by atoms with Crippen LogP contribution in [0.25, 0.3) is 0 Å². The second-order valence-electron chi connectivity index (χ2n) is 33.4. The van der Waals surface area contributed by atoms with Crippen molar-refractivity contribution in [1.82, 2.24) is 147 Å². The number of rotatable bonds is 59. The van der Waals surface area contributed by atoms with Gasteiger partial charge in [-0.3, -0.25) is 76.7 Å². The molecule has 46 nitrogen and oxygen atoms in total. The van der Waals surface area contributed by atoms with Gasteiger partial charge in [0.05, 0.1) is 65.0 Å². The van der Waals surface area contributed by atoms with Gasteiger partial charge in [0.25, 0.3) is 0 Å². The SMILES string of the molecule is CNCCCC[C@@H]1NC(=O)[C@@H](C)NC(=O)[C@H](CCCCNC)NC(=O)[C@@H](CCCCNC(=O)CCC(=O)NCc2cn(CCOCCOCCn3cc(CNC(=O)CCC(=O)NCCCC[C@H]4NC(=O)[C@H](CCCCNC)NC(=O)[C@@H](C)NC(=O)[C@H](CCCCNC)NC(=O)[C@@H](C)NC(=O)[C@H](CCCCNC)NC4=O)nn3)nn2)NC(=O)[C@H](CCCCNC)NC(=O)[C@@H](C)NC1=O. The van der Waals surface area contributed by atoms with Gasteiger partial charge in [0.2, 0.25) is 94.5 Å². The summed E-state index contributed by atoms with van der Waals surface area (Å²) in [5.74, 6) is -9.33. The Balaban J connectivity index is 1.17. The summed E-state index contributed by atoms with van der Waals surface area (Å²) in [5, 5.41) is 78.9. The highest BCUT2D eigenvalue weighted by molar-refractivity contribution is 6.00. The molecule has 2 aromatic heterocycles. The van der Waals surface area contributed by atoms with Crippen LogP contribution in [0.15, 0.2) is 12.4 Å². The molecule has 16 amide bonds. The van der Waals surface area contributed by atoms with E-state index in [-0.39, 0.29) is 130 Å². The Morgan fingerprint density at radius 3 is 0.689 bits per heavy atom. The average molecular weight is 1870 g/mol. The third-order valence-electron chi connectivity index (χ3n) is 22.1. The zero-order chi connectivity index (χ0) is 96.8. The van der Waals surface area contributed by atoms with Crippen molar-refractivity contribution in [3.8, 4) is 0 Å². The van der Waals surface area contributed by atoms with E-state index >= 15 is 0 Å². The van der Waals surface area contributed by atoms with Gasteiger partial charge in [-0.05, 0) is 263 Å². The summed E-state index contributed by atoms with van der Waals surface area (Å²) in [6.07, 6.45) is 12.7. The first-order chi connectivity index (χ1) is 63.5. The van der Waals surface area contributed by atoms with E-state index < -0.39 is 167 Å². The lowest BCUT2D eigenvalue weighted by Crippen LogP contribution is -2.60. The Labute approximate surface area is 775 Å². The summed E-state index contributed by atoms with van der Waals surface area (Å²) in [6, 6.07) is -13.5. The van der Waals surface area contributed by atoms with Gasteiger partial charge in [-0.1, -0.05) is 10.4 Å². The summed E-state index contributed by atoms with van der Waals surface area (Å²) in [5.41, 5.74) is 0.949. The molecule has 2 aromatic rings. The van der Waals surface area contributed by atoms with Crippen LogP contribution in [-0.2, 0) is 112 Å². The maximum absolute atomic E-state index is 14.3. The first kappa shape index (κ1) is 114. The molecular formula is C86H154N28O18. The summed E-state index contributed by atoms with van der Waals surface area (Å²) < 4.78 is 14.6. The molecule has 0 aliphatic carbocycles. The summed E-state index contributed by atoms with van der Waals surface area (Å²) in [6.45, 7) is 12.0. The fourth-order valence-electron chi connectivity index (χ4n) is 14.1. The Bertz CT molecular complexity index is 3580. The van der Waals surface area contributed by atoms with Crippen LogP contribution in [0.3, 0.4) is 0 Å². The van der Waals surface area contributed by atoms with E-state index in [2.05, 4.69) is 138 Å². The lowest BCUT2D eigenvalue weighted by atomic mass is 10.0. The standard InChI is InChI=1S/C86H154N28O18/c1-57-75(119)101-63(27-11-19-39-87-5)79(123)97-59(3)77(121)103-67(31-15-23-43-91-9)83(127)107-69(85(129)105-65(81(125)99-57)29-13-21-41-89-7)33-17-25-45-93-71(115)35-37-73(117)95-53-61-55-113(111-109-61)47-49-131-51-52-132-50-48-114-56-62(110-112-114)54-96-74(118)38-36-72(116)94-46-26-18-34-70-86(130)106-66(30-14-22-42-90-8)82(126)100-58(2)76(120)102-64(28-12-20-40-88-6)80(124)98-60(4)78(122)104-68(84(128)108-70)32-16-24-44-92-10/h55-60,63-70,87-92H,11-54H2,1-10H3,(H,93,115)(H,94,116)(H,95,117)(H,96,118)(H,97,123)(H,98,124)(H,99,125)(H,100,126)(H,101,119)(H,102,120)(H,103,121)(H,104,122)(H,105,129)(H,106,130)(H,107,127)(H,108,128)/t57-,58-,59-,60-,63+,64+,65+,66+,67+,68+,69-,70-/m1/s1. The third kappa shape index (κ3) is 48.2. The van der Waals surface area contributed by atoms with E-state index in [1.165, 1.54) is 27.7 Å². The molecular weight excluding hydrogens is 1710 g/mol. The molecule has 12 atom stereocenters. The average Bonchev–Trinajstić information content (AvgIpc) is 0.934. The van der Waals surface area contributed by atoms with Crippen LogP contribution in [0.1, 0.15) is 219 Å². The van der Waals surface area contributed by atoms with Gasteiger partial charge >= 0.3 is 0 Å². The number of unbranched alkanes of at least 4 members (excludes halogenated alkanes) is 8. The van der Waals surface area contributed by atoms with Crippen LogP contribution >= 0.6 is 0 Å². The summed E-state index contributed by atoms with van der Waals surface area (Å²) in [4.78, 5) is 219. The highest BCUT2D eigenvalue weighted by Crippen LogP contribution is 2.15. The molecule has 0 unspecified atom stereocenters. The number of aromatic nitrogens is 6. The molecule has 2 aliphatic heterocycles. The van der Waals surface area contributed by atoms with Crippen molar-refractivity contribution in [2.75, 3.05) is 121 Å². The third-order valence-corrected chi connectivity index (χ3v) is 22.1. The molecule has 746 valence electrons. The molecule has 22 N–H and O–H groups in total. The van der Waals surface area contributed by atoms with E-state index in [9.17, 15) is 76.7 Å². The number of nitrogens with one attached hydrogen (secondary N) is 22. The zero-order valence-electron chi connectivity index (χ0n) is 79.2. The number of carbonyl (C=O) groups is 16. The molecule has 2 saturated heterocycles. The number of carbonyl (C=O) groups excluding carboxylic acids is 16. The minimum atomic E-state index is -1.21. The molecule has 0 bridgehead atoms. The second-order valence-corrected chi connectivity index (χ2v) is 33.4. The minimum Gasteiger partial charge on any atom is -0.377 e. The maximum Gasteiger partial charge on any atom is 0.243 e. The molecule has 132 heavy (non-hydrogen) atoms. The topological polar surface area (TPSA) is 618 Å². The van der Waals surface area contributed by atoms with Crippen molar-refractivity contribution in [2.45, 2.75) is 306 Å². The van der Waals surface area contributed by atoms with Gasteiger partial charge in [-0.25, -0.2) is 9.36 Å². The monoisotopic (exact) mass is 1870 g/mol. The Hall–Kier alpha value is -10.5. The van der Waals surface area contributed by atoms with Crippen molar-refractivity contribution in [2.24, 2.45) is 0 Å². The Kier molecular flexibility index (Phi) is 58.3. The smallest absolute Gasteiger partial charge is 0.243 e. The molecule has 0 aromatic carbocycles. The fourth-order valence-corrected chi connectivity index (χ4v) is 14.1. The highest BCUT2D eigenvalue weighted by Gasteiger charge is 2.37. The van der Waals surface area contributed by atoms with E-state index in [1.54, 1.807) is 64.0 Å². The first-order valence-corrected chi connectivity index (χ1v) is 47.1. The number of nitrogens with zero attached hydrogens (tertiary/aromatic N) is 6. The predicted octanol–water partition coefficient (Wildman–Crippen LogP) is -4.77. The fraction of sp³-hybridized carbons (Fsp3) is 0.767. The largest absolute Gasteiger partial charge is 0.377 e. The molecule has 2 aliphatic rings. The maximum atomic E-state index is 14.3. The molecule has 46 heteroatoms. The lowest BCUT2D eigenvalue weighted by Gasteiger charge is -2.28. The van der Waals surface area contributed by atoms with E-state index in [0.717, 1.165) is 0 Å². The van der Waals surface area contributed by atoms with Gasteiger partial charge in [0, 0.05) is 38.8 Å². The Morgan fingerprint density at radius 1 is 0.273 bits per heavy atom. The Morgan fingerprint density at radius 2 is 0.470 bits per heavy atom. The van der Waals surface area contributed by atoms with Crippen molar-refractivity contribution in [1.29, 1.82) is 0 Å². The van der Waals surface area contributed by atoms with Crippen molar-refractivity contribution in [3.63, 3.8) is 0 Å². The van der Waals surface area contributed by atoms with Crippen LogP contribution in [0, 0.1) is 0 Å². The van der Waals surface area contributed by atoms with Crippen LogP contribution in [-0.4, -0.2) is 318 Å². The minimum absolute atomic E-state index is 0.0546.